The molecule has 1 N–H and O–H groups in total. The molecular formula is C20H23N3O3. The molecule has 1 unspecified atom stereocenters. The topological polar surface area (TPSA) is 67.6 Å². The minimum Gasteiger partial charge on any atom is -0.364 e. The number of hydrogen-bond acceptors (Lipinski definition) is 4. The van der Waals surface area contributed by atoms with Crippen LogP contribution in [0.1, 0.15) is 47.4 Å². The highest BCUT2D eigenvalue weighted by Crippen LogP contribution is 2.43. The van der Waals surface area contributed by atoms with E-state index in [9.17, 15) is 4.79 Å². The van der Waals surface area contributed by atoms with Crippen LogP contribution in [0.2, 0.25) is 0 Å². The van der Waals surface area contributed by atoms with Gasteiger partial charge in [-0.3, -0.25) is 0 Å². The summed E-state index contributed by atoms with van der Waals surface area (Å²) in [6.45, 7) is 2.37. The van der Waals surface area contributed by atoms with E-state index in [1.54, 1.807) is 0 Å². The minimum atomic E-state index is -0.332. The number of aryl methyl sites for hydroxylation is 1. The number of nitrogens with zero attached hydrogens (tertiary/aromatic N) is 2. The number of carbonyl (C=O) groups excluding carboxylic acids is 1. The van der Waals surface area contributed by atoms with Crippen molar-refractivity contribution >= 4 is 6.03 Å². The molecule has 6 nitrogen and oxygen atoms in total. The molecule has 136 valence electrons. The van der Waals surface area contributed by atoms with Crippen LogP contribution in [0.5, 0.6) is 0 Å². The molecule has 1 atom stereocenters. The summed E-state index contributed by atoms with van der Waals surface area (Å²) < 4.78 is 11.6. The van der Waals surface area contributed by atoms with E-state index in [4.69, 9.17) is 9.26 Å². The average molecular weight is 353 g/mol. The number of fused-ring (bicyclic) bond motifs is 3. The molecule has 0 radical (unpaired) electrons. The molecule has 3 heterocycles. The van der Waals surface area contributed by atoms with Gasteiger partial charge in [-0.1, -0.05) is 29.4 Å². The quantitative estimate of drug-likeness (QED) is 0.901. The highest BCUT2D eigenvalue weighted by atomic mass is 16.5. The lowest BCUT2D eigenvalue weighted by Crippen LogP contribution is -2.40. The van der Waals surface area contributed by atoms with Gasteiger partial charge in [-0.15, -0.1) is 0 Å². The molecule has 1 aromatic carbocycles. The lowest BCUT2D eigenvalue weighted by molar-refractivity contribution is -0.0272. The second-order valence-electron chi connectivity index (χ2n) is 7.51. The molecule has 1 spiro atoms. The van der Waals surface area contributed by atoms with Crippen molar-refractivity contribution in [2.75, 3.05) is 13.1 Å². The number of carbonyl (C=O) groups is 1. The van der Waals surface area contributed by atoms with Crippen molar-refractivity contribution in [1.29, 1.82) is 0 Å². The van der Waals surface area contributed by atoms with E-state index in [0.717, 1.165) is 37.1 Å². The summed E-state index contributed by atoms with van der Waals surface area (Å²) >= 11 is 0. The number of nitrogens with one attached hydrogen (secondary N) is 1. The zero-order valence-corrected chi connectivity index (χ0v) is 14.8. The van der Waals surface area contributed by atoms with Crippen LogP contribution in [0.3, 0.4) is 0 Å². The van der Waals surface area contributed by atoms with Gasteiger partial charge in [0.05, 0.1) is 19.7 Å². The molecule has 1 fully saturated rings. The summed E-state index contributed by atoms with van der Waals surface area (Å²) in [5, 5.41) is 7.18. The molecule has 1 saturated heterocycles. The number of hydrogen-bond donors (Lipinski definition) is 1. The molecule has 26 heavy (non-hydrogen) atoms. The molecular weight excluding hydrogens is 330 g/mol. The Morgan fingerprint density at radius 1 is 1.27 bits per heavy atom. The first-order valence-corrected chi connectivity index (χ1v) is 9.47. The van der Waals surface area contributed by atoms with E-state index in [1.165, 1.54) is 23.1 Å². The second-order valence-corrected chi connectivity index (χ2v) is 7.51. The molecule has 0 bridgehead atoms. The maximum absolute atomic E-state index is 12.7. The van der Waals surface area contributed by atoms with Crippen molar-refractivity contribution in [3.8, 4) is 0 Å². The Bertz CT molecular complexity index is 847. The molecule has 1 aliphatic carbocycles. The molecule has 5 rings (SSSR count). The first kappa shape index (κ1) is 15.9. The summed E-state index contributed by atoms with van der Waals surface area (Å²) in [6.07, 6.45) is 5.13. The third-order valence-corrected chi connectivity index (χ3v) is 5.97. The maximum atomic E-state index is 12.7. The van der Waals surface area contributed by atoms with Crippen molar-refractivity contribution in [2.45, 2.75) is 50.9 Å². The van der Waals surface area contributed by atoms with Gasteiger partial charge in [0.25, 0.3) is 0 Å². The SMILES string of the molecule is O=C(NCc1noc2c1CCCC2)N1CCC2(C1)OCc1ccccc12. The molecule has 2 amide bonds. The number of likely N-dealkylation sites (tertiary alicyclic amines) is 1. The normalized spacial score (nSPS) is 23.9. The van der Waals surface area contributed by atoms with Crippen molar-refractivity contribution in [2.24, 2.45) is 0 Å². The summed E-state index contributed by atoms with van der Waals surface area (Å²) in [7, 11) is 0. The van der Waals surface area contributed by atoms with Crippen LogP contribution in [0, 0.1) is 0 Å². The third-order valence-electron chi connectivity index (χ3n) is 5.97. The van der Waals surface area contributed by atoms with Gasteiger partial charge >= 0.3 is 6.03 Å². The van der Waals surface area contributed by atoms with Gasteiger partial charge in [0.2, 0.25) is 0 Å². The van der Waals surface area contributed by atoms with Crippen LogP contribution in [0.4, 0.5) is 4.79 Å². The molecule has 3 aliphatic rings. The Hall–Kier alpha value is -2.34. The number of rotatable bonds is 2. The second kappa shape index (κ2) is 6.13. The third kappa shape index (κ3) is 2.51. The highest BCUT2D eigenvalue weighted by molar-refractivity contribution is 5.74. The number of benzene rings is 1. The number of ether oxygens (including phenoxy) is 1. The number of amides is 2. The Kier molecular flexibility index (Phi) is 3.74. The van der Waals surface area contributed by atoms with Gasteiger partial charge in [-0.25, -0.2) is 4.79 Å². The molecule has 2 aliphatic heterocycles. The molecule has 6 heteroatoms. The van der Waals surface area contributed by atoms with E-state index >= 15 is 0 Å². The predicted octanol–water partition coefficient (Wildman–Crippen LogP) is 2.89. The van der Waals surface area contributed by atoms with Gasteiger partial charge in [-0.05, 0) is 30.4 Å². The van der Waals surface area contributed by atoms with Gasteiger partial charge in [0, 0.05) is 24.9 Å². The summed E-state index contributed by atoms with van der Waals surface area (Å²) in [5.74, 6) is 0.997. The largest absolute Gasteiger partial charge is 0.364 e. The van der Waals surface area contributed by atoms with E-state index < -0.39 is 0 Å². The Morgan fingerprint density at radius 2 is 2.15 bits per heavy atom. The number of urea groups is 1. The van der Waals surface area contributed by atoms with Crippen molar-refractivity contribution in [1.82, 2.24) is 15.4 Å². The number of aromatic nitrogens is 1. The average Bonchev–Trinajstić information content (AvgIpc) is 3.39. The molecule has 0 saturated carbocycles. The van der Waals surface area contributed by atoms with Gasteiger partial charge in [0.1, 0.15) is 17.1 Å². The zero-order valence-electron chi connectivity index (χ0n) is 14.8. The Balaban J connectivity index is 1.25. The first-order valence-electron chi connectivity index (χ1n) is 9.47. The highest BCUT2D eigenvalue weighted by Gasteiger charge is 2.46. The van der Waals surface area contributed by atoms with E-state index in [1.807, 2.05) is 17.0 Å². The predicted molar refractivity (Wildman–Crippen MR) is 94.5 cm³/mol. The lowest BCUT2D eigenvalue weighted by atomic mass is 9.92. The summed E-state index contributed by atoms with van der Waals surface area (Å²) in [5.41, 5.74) is 4.22. The van der Waals surface area contributed by atoms with Crippen molar-refractivity contribution in [3.63, 3.8) is 0 Å². The lowest BCUT2D eigenvalue weighted by Gasteiger charge is -2.24. The smallest absolute Gasteiger partial charge is 0.317 e. The monoisotopic (exact) mass is 353 g/mol. The Labute approximate surface area is 152 Å². The van der Waals surface area contributed by atoms with Crippen LogP contribution < -0.4 is 5.32 Å². The van der Waals surface area contributed by atoms with Gasteiger partial charge < -0.3 is 19.5 Å². The van der Waals surface area contributed by atoms with Crippen LogP contribution in [0.15, 0.2) is 28.8 Å². The van der Waals surface area contributed by atoms with Crippen molar-refractivity contribution < 1.29 is 14.1 Å². The van der Waals surface area contributed by atoms with Crippen LogP contribution in [-0.2, 0) is 36.3 Å². The summed E-state index contributed by atoms with van der Waals surface area (Å²) in [6, 6.07) is 8.28. The fourth-order valence-electron chi connectivity index (χ4n) is 4.54. The fourth-order valence-corrected chi connectivity index (χ4v) is 4.54. The molecule has 1 aromatic heterocycles. The van der Waals surface area contributed by atoms with Crippen molar-refractivity contribution in [3.05, 3.63) is 52.4 Å². The van der Waals surface area contributed by atoms with Gasteiger partial charge in [0.15, 0.2) is 0 Å². The molecule has 2 aromatic rings. The van der Waals surface area contributed by atoms with Crippen LogP contribution in [-0.4, -0.2) is 29.2 Å². The van der Waals surface area contributed by atoms with Crippen LogP contribution >= 0.6 is 0 Å². The summed E-state index contributed by atoms with van der Waals surface area (Å²) in [4.78, 5) is 14.5. The first-order chi connectivity index (χ1) is 12.8. The Morgan fingerprint density at radius 3 is 3.12 bits per heavy atom. The van der Waals surface area contributed by atoms with E-state index in [-0.39, 0.29) is 11.6 Å². The standard InChI is InChI=1S/C20H23N3O3/c24-19(21-11-17-15-6-2-4-8-18(15)26-22-17)23-10-9-20(13-23)16-7-3-1-5-14(16)12-25-20/h1,3,5,7H,2,4,6,8-13H2,(H,21,24). The minimum absolute atomic E-state index is 0.0533. The fraction of sp³-hybridized carbons (Fsp3) is 0.500. The zero-order chi connectivity index (χ0) is 17.6. The van der Waals surface area contributed by atoms with E-state index in [2.05, 4.69) is 22.6 Å². The van der Waals surface area contributed by atoms with Crippen LogP contribution in [0.25, 0.3) is 0 Å². The van der Waals surface area contributed by atoms with Gasteiger partial charge in [-0.2, -0.15) is 0 Å². The maximum Gasteiger partial charge on any atom is 0.317 e. The van der Waals surface area contributed by atoms with E-state index in [0.29, 0.717) is 26.2 Å².